The SMILES string of the molecule is O=C(CNC(=O)c1ccc2ccccc2n1)NC(Cc1ccccc1)[C@H](O)CN(OC1CCCC1)Sc1ccc2cn[nH]c2c1. The fourth-order valence-corrected chi connectivity index (χ4v) is 6.41. The van der Waals surface area contributed by atoms with Crippen molar-refractivity contribution in [2.45, 2.75) is 55.2 Å². The van der Waals surface area contributed by atoms with E-state index in [-0.39, 0.29) is 24.9 Å². The molecule has 10 nitrogen and oxygen atoms in total. The van der Waals surface area contributed by atoms with Gasteiger partial charge in [0.05, 0.1) is 48.6 Å². The minimum atomic E-state index is -0.975. The van der Waals surface area contributed by atoms with Crippen molar-refractivity contribution in [2.24, 2.45) is 0 Å². The van der Waals surface area contributed by atoms with Crippen LogP contribution in [0.2, 0.25) is 0 Å². The van der Waals surface area contributed by atoms with Crippen molar-refractivity contribution in [3.8, 4) is 0 Å². The van der Waals surface area contributed by atoms with Gasteiger partial charge in [-0.3, -0.25) is 19.5 Å². The summed E-state index contributed by atoms with van der Waals surface area (Å²) in [6, 6.07) is 26.0. The molecule has 1 aliphatic rings. The smallest absolute Gasteiger partial charge is 0.270 e. The highest BCUT2D eigenvalue weighted by Crippen LogP contribution is 2.30. The van der Waals surface area contributed by atoms with Gasteiger partial charge in [-0.2, -0.15) is 5.10 Å². The second-order valence-corrected chi connectivity index (χ2v) is 12.3. The summed E-state index contributed by atoms with van der Waals surface area (Å²) >= 11 is 1.40. The van der Waals surface area contributed by atoms with E-state index in [1.54, 1.807) is 16.7 Å². The summed E-state index contributed by atoms with van der Waals surface area (Å²) in [4.78, 5) is 37.7. The summed E-state index contributed by atoms with van der Waals surface area (Å²) in [6.45, 7) is -0.111. The Labute approximate surface area is 265 Å². The van der Waals surface area contributed by atoms with E-state index >= 15 is 0 Å². The van der Waals surface area contributed by atoms with Gasteiger partial charge in [0.15, 0.2) is 0 Å². The molecule has 1 saturated carbocycles. The zero-order valence-corrected chi connectivity index (χ0v) is 25.6. The van der Waals surface area contributed by atoms with E-state index in [1.165, 1.54) is 11.9 Å². The summed E-state index contributed by atoms with van der Waals surface area (Å²) in [6.07, 6.45) is 5.41. The van der Waals surface area contributed by atoms with Crippen LogP contribution in [0, 0.1) is 0 Å². The number of amides is 2. The van der Waals surface area contributed by atoms with Crippen molar-refractivity contribution in [1.29, 1.82) is 0 Å². The maximum atomic E-state index is 13.1. The van der Waals surface area contributed by atoms with Gasteiger partial charge in [0, 0.05) is 15.7 Å². The number of carbonyl (C=O) groups excluding carboxylic acids is 2. The number of H-pyrrole nitrogens is 1. The molecule has 2 amide bonds. The van der Waals surface area contributed by atoms with Gasteiger partial charge < -0.3 is 15.7 Å². The van der Waals surface area contributed by atoms with E-state index in [1.807, 2.05) is 78.9 Å². The third kappa shape index (κ3) is 8.25. The molecule has 0 spiro atoms. The highest BCUT2D eigenvalue weighted by Gasteiger charge is 2.28. The van der Waals surface area contributed by atoms with Crippen LogP contribution in [0.3, 0.4) is 0 Å². The van der Waals surface area contributed by atoms with Crippen molar-refractivity contribution in [2.75, 3.05) is 13.1 Å². The maximum Gasteiger partial charge on any atom is 0.270 e. The molecule has 1 fully saturated rings. The topological polar surface area (TPSA) is 132 Å². The van der Waals surface area contributed by atoms with Crippen molar-refractivity contribution in [3.05, 3.63) is 102 Å². The number of aliphatic hydroxyl groups is 1. The van der Waals surface area contributed by atoms with Crippen LogP contribution in [0.4, 0.5) is 0 Å². The molecular formula is C34H36N6O4S. The Bertz CT molecular complexity index is 1740. The Morgan fingerprint density at radius 3 is 2.62 bits per heavy atom. The van der Waals surface area contributed by atoms with Crippen molar-refractivity contribution in [1.82, 2.24) is 30.3 Å². The Kier molecular flexibility index (Phi) is 10.0. The third-order valence-corrected chi connectivity index (χ3v) is 8.78. The lowest BCUT2D eigenvalue weighted by Gasteiger charge is -2.30. The minimum absolute atomic E-state index is 0.0710. The maximum absolute atomic E-state index is 13.1. The molecule has 2 aromatic heterocycles. The summed E-state index contributed by atoms with van der Waals surface area (Å²) < 4.78 is 1.73. The van der Waals surface area contributed by atoms with E-state index in [0.717, 1.165) is 52.4 Å². The quantitative estimate of drug-likeness (QED) is 0.108. The molecule has 0 radical (unpaired) electrons. The number of nitrogens with zero attached hydrogens (tertiary/aromatic N) is 3. The van der Waals surface area contributed by atoms with Gasteiger partial charge in [0.25, 0.3) is 5.91 Å². The summed E-state index contributed by atoms with van der Waals surface area (Å²) in [5, 5.41) is 26.2. The molecule has 0 saturated heterocycles. The number of aromatic amines is 1. The second-order valence-electron chi connectivity index (χ2n) is 11.2. The number of hydroxylamine groups is 1. The fraction of sp³-hybridized carbons (Fsp3) is 0.294. The van der Waals surface area contributed by atoms with Crippen LogP contribution in [-0.4, -0.2) is 67.9 Å². The molecule has 6 rings (SSSR count). The Hall–Kier alpha value is -4.29. The van der Waals surface area contributed by atoms with Crippen LogP contribution < -0.4 is 10.6 Å². The summed E-state index contributed by atoms with van der Waals surface area (Å²) in [5.74, 6) is -0.859. The van der Waals surface area contributed by atoms with Crippen LogP contribution >= 0.6 is 11.9 Å². The summed E-state index contributed by atoms with van der Waals surface area (Å²) in [7, 11) is 0. The van der Waals surface area contributed by atoms with Gasteiger partial charge in [-0.05, 0) is 61.0 Å². The predicted molar refractivity (Wildman–Crippen MR) is 174 cm³/mol. The number of benzene rings is 3. The molecular weight excluding hydrogens is 588 g/mol. The molecule has 11 heteroatoms. The standard InChI is InChI=1S/C34H36N6O4S/c41-32(22-40(44-26-11-5-6-12-26)45-27-16-14-25-20-36-39-30(25)19-27)31(18-23-8-2-1-3-9-23)38-33(42)21-35-34(43)29-17-15-24-10-4-7-13-28(24)37-29/h1-4,7-10,13-17,19-20,26,31-32,41H,5-6,11-12,18,21-22H2,(H,35,43)(H,36,39)(H,38,42)/t31?,32-/m1/s1. The molecule has 0 bridgehead atoms. The number of rotatable bonds is 13. The van der Waals surface area contributed by atoms with Gasteiger partial charge >= 0.3 is 0 Å². The fourth-order valence-electron chi connectivity index (χ4n) is 5.49. The van der Waals surface area contributed by atoms with Gasteiger partial charge in [-0.15, -0.1) is 4.47 Å². The number of hydrogen-bond acceptors (Lipinski definition) is 8. The molecule has 1 unspecified atom stereocenters. The predicted octanol–water partition coefficient (Wildman–Crippen LogP) is 4.81. The molecule has 2 heterocycles. The van der Waals surface area contributed by atoms with E-state index in [2.05, 4.69) is 25.8 Å². The molecule has 3 aromatic carbocycles. The average Bonchev–Trinajstić information content (AvgIpc) is 3.75. The van der Waals surface area contributed by atoms with Crippen LogP contribution in [-0.2, 0) is 16.1 Å². The summed E-state index contributed by atoms with van der Waals surface area (Å²) in [5.41, 5.74) is 2.81. The van der Waals surface area contributed by atoms with E-state index in [9.17, 15) is 14.7 Å². The first-order valence-corrected chi connectivity index (χ1v) is 16.0. The van der Waals surface area contributed by atoms with E-state index < -0.39 is 24.0 Å². The second kappa shape index (κ2) is 14.7. The lowest BCUT2D eigenvalue weighted by molar-refractivity contribution is -0.139. The highest BCUT2D eigenvalue weighted by atomic mass is 32.2. The Morgan fingerprint density at radius 2 is 1.78 bits per heavy atom. The zero-order valence-electron chi connectivity index (χ0n) is 24.8. The van der Waals surface area contributed by atoms with Crippen LogP contribution in [0.15, 0.2) is 96.0 Å². The van der Waals surface area contributed by atoms with Gasteiger partial charge in [-0.25, -0.2) is 4.98 Å². The number of fused-ring (bicyclic) bond motifs is 2. The number of pyridine rings is 1. The van der Waals surface area contributed by atoms with Gasteiger partial charge in [0.1, 0.15) is 5.69 Å². The molecule has 45 heavy (non-hydrogen) atoms. The molecule has 2 atom stereocenters. The number of hydrogen-bond donors (Lipinski definition) is 4. The number of para-hydroxylation sites is 1. The Morgan fingerprint density at radius 1 is 1.00 bits per heavy atom. The van der Waals surface area contributed by atoms with Crippen molar-refractivity contribution < 1.29 is 19.5 Å². The normalized spacial score (nSPS) is 15.0. The number of nitrogens with one attached hydrogen (secondary N) is 3. The molecule has 232 valence electrons. The molecule has 4 N–H and O–H groups in total. The van der Waals surface area contributed by atoms with Gasteiger partial charge in [-0.1, -0.05) is 73.5 Å². The number of carbonyl (C=O) groups is 2. The van der Waals surface area contributed by atoms with Crippen molar-refractivity contribution in [3.63, 3.8) is 0 Å². The molecule has 5 aromatic rings. The first-order valence-electron chi connectivity index (χ1n) is 15.2. The van der Waals surface area contributed by atoms with Crippen LogP contribution in [0.5, 0.6) is 0 Å². The molecule has 1 aliphatic carbocycles. The van der Waals surface area contributed by atoms with Gasteiger partial charge in [0.2, 0.25) is 5.91 Å². The van der Waals surface area contributed by atoms with Crippen molar-refractivity contribution >= 4 is 45.6 Å². The lowest BCUT2D eigenvalue weighted by atomic mass is 10.0. The minimum Gasteiger partial charge on any atom is -0.389 e. The Balaban J connectivity index is 1.13. The number of aliphatic hydroxyl groups excluding tert-OH is 1. The highest BCUT2D eigenvalue weighted by molar-refractivity contribution is 7.97. The monoisotopic (exact) mass is 624 g/mol. The first-order chi connectivity index (χ1) is 22.0. The largest absolute Gasteiger partial charge is 0.389 e. The lowest BCUT2D eigenvalue weighted by Crippen LogP contribution is -2.51. The van der Waals surface area contributed by atoms with Crippen LogP contribution in [0.25, 0.3) is 21.8 Å². The van der Waals surface area contributed by atoms with Crippen LogP contribution in [0.1, 0.15) is 41.7 Å². The zero-order chi connectivity index (χ0) is 31.0. The first kappa shape index (κ1) is 30.7. The van der Waals surface area contributed by atoms with E-state index in [0.29, 0.717) is 11.9 Å². The average molecular weight is 625 g/mol. The molecule has 0 aliphatic heterocycles. The third-order valence-electron chi connectivity index (χ3n) is 7.88. The van der Waals surface area contributed by atoms with E-state index in [4.69, 9.17) is 4.84 Å². The number of aromatic nitrogens is 3.